The van der Waals surface area contributed by atoms with Gasteiger partial charge < -0.3 is 15.2 Å². The lowest BCUT2D eigenvalue weighted by Crippen LogP contribution is -2.26. The first kappa shape index (κ1) is 13.4. The van der Waals surface area contributed by atoms with Crippen LogP contribution < -0.4 is 10.1 Å². The van der Waals surface area contributed by atoms with Crippen molar-refractivity contribution in [2.24, 2.45) is 0 Å². The molecule has 1 aliphatic rings. The number of aliphatic hydroxyl groups is 1. The molecule has 2 rings (SSSR count). The summed E-state index contributed by atoms with van der Waals surface area (Å²) >= 11 is 3.34. The molecule has 0 saturated heterocycles. The number of hydrogen-bond donors (Lipinski definition) is 2. The summed E-state index contributed by atoms with van der Waals surface area (Å²) in [5.74, 6) is 0.707. The highest BCUT2D eigenvalue weighted by Gasteiger charge is 2.22. The van der Waals surface area contributed by atoms with Crippen molar-refractivity contribution in [2.75, 3.05) is 6.61 Å². The molecule has 2 N–H and O–H groups in total. The number of halogens is 1. The first-order valence-electron chi connectivity index (χ1n) is 6.00. The van der Waals surface area contributed by atoms with Crippen molar-refractivity contribution in [3.63, 3.8) is 0 Å². The van der Waals surface area contributed by atoms with Crippen molar-refractivity contribution < 1.29 is 14.6 Å². The fraction of sp³-hybridized carbons (Fsp3) is 0.462. The van der Waals surface area contributed by atoms with E-state index in [0.29, 0.717) is 24.8 Å². The molecule has 0 radical (unpaired) electrons. The van der Waals surface area contributed by atoms with E-state index in [1.165, 1.54) is 0 Å². The molecule has 18 heavy (non-hydrogen) atoms. The van der Waals surface area contributed by atoms with Crippen LogP contribution in [0.3, 0.4) is 0 Å². The second kappa shape index (κ2) is 6.20. The summed E-state index contributed by atoms with van der Waals surface area (Å²) in [5.41, 5.74) is 0.773. The van der Waals surface area contributed by atoms with Crippen LogP contribution in [-0.4, -0.2) is 23.7 Å². The van der Waals surface area contributed by atoms with Crippen molar-refractivity contribution in [3.05, 3.63) is 28.2 Å². The molecule has 4 nitrogen and oxygen atoms in total. The van der Waals surface area contributed by atoms with E-state index in [4.69, 9.17) is 9.84 Å². The molecule has 1 aromatic rings. The predicted octanol–water partition coefficient (Wildman–Crippen LogP) is 1.99. The maximum atomic E-state index is 11.4. The van der Waals surface area contributed by atoms with E-state index in [9.17, 15) is 4.79 Å². The monoisotopic (exact) mass is 313 g/mol. The molecular formula is C13H16BrNO3. The average molecular weight is 314 g/mol. The van der Waals surface area contributed by atoms with Gasteiger partial charge in [-0.2, -0.15) is 0 Å². The van der Waals surface area contributed by atoms with Crippen molar-refractivity contribution in [3.8, 4) is 5.75 Å². The zero-order chi connectivity index (χ0) is 13.0. The van der Waals surface area contributed by atoms with Gasteiger partial charge in [0.05, 0.1) is 19.6 Å². The number of hydrogen-bond acceptors (Lipinski definition) is 3. The molecule has 0 unspecified atom stereocenters. The minimum atomic E-state index is -0.0417. The topological polar surface area (TPSA) is 58.6 Å². The SMILES string of the molecule is O=C(CCOc1ccc(Br)c(CO)c1)NC1CC1. The van der Waals surface area contributed by atoms with Crippen molar-refractivity contribution in [2.45, 2.75) is 31.9 Å². The number of rotatable bonds is 6. The molecule has 0 atom stereocenters. The zero-order valence-electron chi connectivity index (χ0n) is 9.99. The van der Waals surface area contributed by atoms with Gasteiger partial charge in [0, 0.05) is 10.5 Å². The van der Waals surface area contributed by atoms with Gasteiger partial charge in [-0.1, -0.05) is 15.9 Å². The second-order valence-electron chi connectivity index (χ2n) is 4.35. The van der Waals surface area contributed by atoms with Gasteiger partial charge in [0.15, 0.2) is 0 Å². The quantitative estimate of drug-likeness (QED) is 0.844. The molecule has 5 heteroatoms. The van der Waals surface area contributed by atoms with Gasteiger partial charge in [0.1, 0.15) is 5.75 Å². The summed E-state index contributed by atoms with van der Waals surface area (Å²) in [6, 6.07) is 5.79. The Kier molecular flexibility index (Phi) is 4.60. The van der Waals surface area contributed by atoms with Gasteiger partial charge in [-0.3, -0.25) is 4.79 Å². The molecule has 0 bridgehead atoms. The van der Waals surface area contributed by atoms with E-state index in [-0.39, 0.29) is 12.5 Å². The molecule has 1 aliphatic carbocycles. The lowest BCUT2D eigenvalue weighted by Gasteiger charge is -2.08. The molecule has 98 valence electrons. The average Bonchev–Trinajstić information content (AvgIpc) is 3.15. The van der Waals surface area contributed by atoms with Crippen molar-refractivity contribution in [1.29, 1.82) is 0 Å². The Morgan fingerprint density at radius 1 is 1.50 bits per heavy atom. The Morgan fingerprint density at radius 2 is 2.28 bits per heavy atom. The van der Waals surface area contributed by atoms with Gasteiger partial charge in [0.25, 0.3) is 0 Å². The van der Waals surface area contributed by atoms with Crippen molar-refractivity contribution >= 4 is 21.8 Å². The van der Waals surface area contributed by atoms with Crippen LogP contribution in [0.4, 0.5) is 0 Å². The van der Waals surface area contributed by atoms with Gasteiger partial charge in [-0.25, -0.2) is 0 Å². The molecule has 0 aliphatic heterocycles. The fourth-order valence-electron chi connectivity index (χ4n) is 1.55. The maximum absolute atomic E-state index is 11.4. The van der Waals surface area contributed by atoms with E-state index in [1.807, 2.05) is 12.1 Å². The number of ether oxygens (including phenoxy) is 1. The number of benzene rings is 1. The largest absolute Gasteiger partial charge is 0.493 e. The third-order valence-electron chi connectivity index (χ3n) is 2.73. The van der Waals surface area contributed by atoms with Crippen LogP contribution >= 0.6 is 15.9 Å². The Morgan fingerprint density at radius 3 is 2.94 bits per heavy atom. The summed E-state index contributed by atoms with van der Waals surface area (Å²) in [6.45, 7) is 0.311. The van der Waals surface area contributed by atoms with Crippen LogP contribution in [0.15, 0.2) is 22.7 Å². The lowest BCUT2D eigenvalue weighted by atomic mass is 10.2. The maximum Gasteiger partial charge on any atom is 0.223 e. The highest BCUT2D eigenvalue weighted by atomic mass is 79.9. The van der Waals surface area contributed by atoms with Crippen LogP contribution in [0.25, 0.3) is 0 Å². The fourth-order valence-corrected chi connectivity index (χ4v) is 1.92. The van der Waals surface area contributed by atoms with E-state index >= 15 is 0 Å². The highest BCUT2D eigenvalue weighted by Crippen LogP contribution is 2.22. The summed E-state index contributed by atoms with van der Waals surface area (Å²) in [7, 11) is 0. The summed E-state index contributed by atoms with van der Waals surface area (Å²) < 4.78 is 6.33. The molecule has 1 amide bonds. The van der Waals surface area contributed by atoms with Gasteiger partial charge in [0.2, 0.25) is 5.91 Å². The minimum Gasteiger partial charge on any atom is -0.493 e. The van der Waals surface area contributed by atoms with Crippen LogP contribution in [0, 0.1) is 0 Å². The lowest BCUT2D eigenvalue weighted by molar-refractivity contribution is -0.121. The molecule has 1 saturated carbocycles. The Hall–Kier alpha value is -1.07. The van der Waals surface area contributed by atoms with E-state index in [1.54, 1.807) is 6.07 Å². The molecule has 0 heterocycles. The third kappa shape index (κ3) is 3.99. The van der Waals surface area contributed by atoms with Gasteiger partial charge in [-0.05, 0) is 36.6 Å². The number of nitrogens with one attached hydrogen (secondary N) is 1. The normalized spacial score (nSPS) is 14.3. The number of amides is 1. The van der Waals surface area contributed by atoms with Crippen LogP contribution in [0.1, 0.15) is 24.8 Å². The van der Waals surface area contributed by atoms with Crippen LogP contribution in [0.2, 0.25) is 0 Å². The molecule has 0 aromatic heterocycles. The summed E-state index contributed by atoms with van der Waals surface area (Å²) in [6.07, 6.45) is 2.55. The van der Waals surface area contributed by atoms with E-state index in [0.717, 1.165) is 22.9 Å². The predicted molar refractivity (Wildman–Crippen MR) is 71.3 cm³/mol. The summed E-state index contributed by atoms with van der Waals surface area (Å²) in [4.78, 5) is 11.4. The van der Waals surface area contributed by atoms with Crippen LogP contribution in [-0.2, 0) is 11.4 Å². The molecule has 1 fully saturated rings. The molecule has 0 spiro atoms. The summed E-state index contributed by atoms with van der Waals surface area (Å²) in [5, 5.41) is 12.0. The van der Waals surface area contributed by atoms with E-state index in [2.05, 4.69) is 21.2 Å². The number of carbonyl (C=O) groups is 1. The Labute approximate surface area is 114 Å². The van der Waals surface area contributed by atoms with Gasteiger partial charge >= 0.3 is 0 Å². The zero-order valence-corrected chi connectivity index (χ0v) is 11.6. The standard InChI is InChI=1S/C13H16BrNO3/c14-12-4-3-11(7-9(12)8-16)18-6-5-13(17)15-10-1-2-10/h3-4,7,10,16H,1-2,5-6,8H2,(H,15,17). The smallest absolute Gasteiger partial charge is 0.223 e. The first-order chi connectivity index (χ1) is 8.69. The van der Waals surface area contributed by atoms with Crippen LogP contribution in [0.5, 0.6) is 5.75 Å². The highest BCUT2D eigenvalue weighted by molar-refractivity contribution is 9.10. The second-order valence-corrected chi connectivity index (χ2v) is 5.21. The first-order valence-corrected chi connectivity index (χ1v) is 6.80. The van der Waals surface area contributed by atoms with E-state index < -0.39 is 0 Å². The molecular weight excluding hydrogens is 298 g/mol. The number of aliphatic hydroxyl groups excluding tert-OH is 1. The minimum absolute atomic E-state index is 0.0389. The van der Waals surface area contributed by atoms with Crippen molar-refractivity contribution in [1.82, 2.24) is 5.32 Å². The Bertz CT molecular complexity index is 432. The van der Waals surface area contributed by atoms with Gasteiger partial charge in [-0.15, -0.1) is 0 Å². The third-order valence-corrected chi connectivity index (χ3v) is 3.50. The number of carbonyl (C=O) groups excluding carboxylic acids is 1. The molecule has 1 aromatic carbocycles. The Balaban J connectivity index is 1.76.